The molecule has 0 atom stereocenters. The summed E-state index contributed by atoms with van der Waals surface area (Å²) in [6.45, 7) is 3.11. The van der Waals surface area contributed by atoms with Gasteiger partial charge in [-0.15, -0.1) is 0 Å². The van der Waals surface area contributed by atoms with Gasteiger partial charge in [0.05, 0.1) is 0 Å². The molecule has 0 radical (unpaired) electrons. The fraction of sp³-hybridized carbons (Fsp3) is 0.929. The number of rotatable bonds is 6. The van der Waals surface area contributed by atoms with Gasteiger partial charge in [0.2, 0.25) is 5.91 Å². The minimum atomic E-state index is 0.220. The van der Waals surface area contributed by atoms with Gasteiger partial charge in [0.25, 0.3) is 0 Å². The summed E-state index contributed by atoms with van der Waals surface area (Å²) in [5.41, 5.74) is 0. The van der Waals surface area contributed by atoms with Crippen molar-refractivity contribution in [1.29, 1.82) is 0 Å². The molecule has 0 unspecified atom stereocenters. The smallest absolute Gasteiger partial charge is 0.223 e. The standard InChI is InChI=1S/C14H28N2O/c1-4-5-12-6-8-13(9-7-12)15-11-10-14(17)16(2)3/h12-13,15H,4-11H2,1-3H3. The lowest BCUT2D eigenvalue weighted by Crippen LogP contribution is -2.36. The second-order valence-corrected chi connectivity index (χ2v) is 5.50. The van der Waals surface area contributed by atoms with E-state index in [1.165, 1.54) is 38.5 Å². The van der Waals surface area contributed by atoms with E-state index in [0.29, 0.717) is 12.5 Å². The predicted octanol–water partition coefficient (Wildman–Crippen LogP) is 2.41. The molecule has 100 valence electrons. The summed E-state index contributed by atoms with van der Waals surface area (Å²) in [6, 6.07) is 0.651. The van der Waals surface area contributed by atoms with Crippen LogP contribution in [0, 0.1) is 5.92 Å². The van der Waals surface area contributed by atoms with Crippen LogP contribution >= 0.6 is 0 Å². The molecule has 17 heavy (non-hydrogen) atoms. The molecule has 0 bridgehead atoms. The summed E-state index contributed by atoms with van der Waals surface area (Å²) in [5.74, 6) is 1.18. The average molecular weight is 240 g/mol. The molecule has 1 amide bonds. The second-order valence-electron chi connectivity index (χ2n) is 5.50. The molecule has 0 aliphatic heterocycles. The van der Waals surface area contributed by atoms with Crippen LogP contribution in [0.25, 0.3) is 0 Å². The first-order valence-electron chi connectivity index (χ1n) is 7.07. The van der Waals surface area contributed by atoms with Crippen molar-refractivity contribution >= 4 is 5.91 Å². The van der Waals surface area contributed by atoms with E-state index < -0.39 is 0 Å². The number of hydrogen-bond donors (Lipinski definition) is 1. The maximum absolute atomic E-state index is 11.4. The Morgan fingerprint density at radius 3 is 2.41 bits per heavy atom. The number of carbonyl (C=O) groups excluding carboxylic acids is 1. The quantitative estimate of drug-likeness (QED) is 0.773. The van der Waals surface area contributed by atoms with Crippen molar-refractivity contribution in [2.75, 3.05) is 20.6 Å². The fourth-order valence-corrected chi connectivity index (χ4v) is 2.67. The Hall–Kier alpha value is -0.570. The first-order valence-corrected chi connectivity index (χ1v) is 7.07. The van der Waals surface area contributed by atoms with E-state index >= 15 is 0 Å². The zero-order chi connectivity index (χ0) is 12.7. The topological polar surface area (TPSA) is 32.3 Å². The maximum Gasteiger partial charge on any atom is 0.223 e. The molecule has 3 nitrogen and oxygen atoms in total. The molecule has 0 spiro atoms. The monoisotopic (exact) mass is 240 g/mol. The van der Waals surface area contributed by atoms with Gasteiger partial charge in [-0.05, 0) is 31.6 Å². The van der Waals surface area contributed by atoms with Gasteiger partial charge in [0.1, 0.15) is 0 Å². The predicted molar refractivity (Wildman–Crippen MR) is 72.0 cm³/mol. The van der Waals surface area contributed by atoms with Gasteiger partial charge < -0.3 is 10.2 Å². The van der Waals surface area contributed by atoms with Gasteiger partial charge in [-0.1, -0.05) is 19.8 Å². The summed E-state index contributed by atoms with van der Waals surface area (Å²) >= 11 is 0. The van der Waals surface area contributed by atoms with E-state index in [9.17, 15) is 4.79 Å². The SMILES string of the molecule is CCCC1CCC(NCCC(=O)N(C)C)CC1. The number of carbonyl (C=O) groups is 1. The summed E-state index contributed by atoms with van der Waals surface area (Å²) in [4.78, 5) is 13.1. The van der Waals surface area contributed by atoms with E-state index in [4.69, 9.17) is 0 Å². The van der Waals surface area contributed by atoms with Crippen molar-refractivity contribution < 1.29 is 4.79 Å². The van der Waals surface area contributed by atoms with Gasteiger partial charge in [-0.3, -0.25) is 4.79 Å². The van der Waals surface area contributed by atoms with E-state index in [0.717, 1.165) is 12.5 Å². The Bertz CT molecular complexity index is 220. The van der Waals surface area contributed by atoms with Gasteiger partial charge in [-0.2, -0.15) is 0 Å². The molecule has 1 aliphatic carbocycles. The van der Waals surface area contributed by atoms with Crippen LogP contribution in [0.4, 0.5) is 0 Å². The Morgan fingerprint density at radius 2 is 1.88 bits per heavy atom. The van der Waals surface area contributed by atoms with Crippen molar-refractivity contribution in [1.82, 2.24) is 10.2 Å². The summed E-state index contributed by atoms with van der Waals surface area (Å²) in [5, 5.41) is 3.52. The van der Waals surface area contributed by atoms with Gasteiger partial charge in [0.15, 0.2) is 0 Å². The normalized spacial score (nSPS) is 24.6. The molecule has 1 fully saturated rings. The first kappa shape index (κ1) is 14.5. The van der Waals surface area contributed by atoms with Crippen molar-refractivity contribution in [3.63, 3.8) is 0 Å². The van der Waals surface area contributed by atoms with Crippen molar-refractivity contribution in [2.45, 2.75) is 57.9 Å². The van der Waals surface area contributed by atoms with Gasteiger partial charge in [-0.25, -0.2) is 0 Å². The number of amides is 1. The van der Waals surface area contributed by atoms with E-state index in [-0.39, 0.29) is 5.91 Å². The van der Waals surface area contributed by atoms with Gasteiger partial charge in [0, 0.05) is 33.1 Å². The molecule has 1 aliphatic rings. The van der Waals surface area contributed by atoms with Crippen LogP contribution in [0.2, 0.25) is 0 Å². The lowest BCUT2D eigenvalue weighted by molar-refractivity contribution is -0.128. The first-order chi connectivity index (χ1) is 8.13. The maximum atomic E-state index is 11.4. The fourth-order valence-electron chi connectivity index (χ4n) is 2.67. The highest BCUT2D eigenvalue weighted by Crippen LogP contribution is 2.27. The van der Waals surface area contributed by atoms with Crippen LogP contribution in [0.5, 0.6) is 0 Å². The molecule has 0 aromatic rings. The van der Waals surface area contributed by atoms with Crippen molar-refractivity contribution in [3.05, 3.63) is 0 Å². The van der Waals surface area contributed by atoms with E-state index in [1.807, 2.05) is 14.1 Å². The summed E-state index contributed by atoms with van der Waals surface area (Å²) in [6.07, 6.45) is 8.66. The average Bonchev–Trinajstić information content (AvgIpc) is 2.31. The molecule has 0 aromatic heterocycles. The number of hydrogen-bond acceptors (Lipinski definition) is 2. The van der Waals surface area contributed by atoms with Crippen molar-refractivity contribution in [3.8, 4) is 0 Å². The minimum absolute atomic E-state index is 0.220. The van der Waals surface area contributed by atoms with Crippen LogP contribution in [0.15, 0.2) is 0 Å². The third-order valence-corrected chi connectivity index (χ3v) is 3.81. The Labute approximate surface area is 106 Å². The van der Waals surface area contributed by atoms with Crippen LogP contribution in [-0.2, 0) is 4.79 Å². The molecule has 0 saturated heterocycles. The lowest BCUT2D eigenvalue weighted by atomic mass is 9.83. The molecule has 1 N–H and O–H groups in total. The molecule has 0 aromatic carbocycles. The molecule has 3 heteroatoms. The van der Waals surface area contributed by atoms with Crippen molar-refractivity contribution in [2.24, 2.45) is 5.92 Å². The molecule has 1 saturated carbocycles. The minimum Gasteiger partial charge on any atom is -0.349 e. The molecular weight excluding hydrogens is 212 g/mol. The second kappa shape index (κ2) is 7.70. The van der Waals surface area contributed by atoms with Crippen LogP contribution in [-0.4, -0.2) is 37.5 Å². The molecule has 1 rings (SSSR count). The van der Waals surface area contributed by atoms with E-state index in [1.54, 1.807) is 4.90 Å². The van der Waals surface area contributed by atoms with E-state index in [2.05, 4.69) is 12.2 Å². The largest absolute Gasteiger partial charge is 0.349 e. The lowest BCUT2D eigenvalue weighted by Gasteiger charge is -2.29. The third kappa shape index (κ3) is 5.53. The Balaban J connectivity index is 2.08. The highest BCUT2D eigenvalue weighted by atomic mass is 16.2. The Morgan fingerprint density at radius 1 is 1.24 bits per heavy atom. The highest BCUT2D eigenvalue weighted by Gasteiger charge is 2.20. The zero-order valence-corrected chi connectivity index (χ0v) is 11.7. The molecule has 0 heterocycles. The zero-order valence-electron chi connectivity index (χ0n) is 11.7. The summed E-state index contributed by atoms with van der Waals surface area (Å²) < 4.78 is 0. The summed E-state index contributed by atoms with van der Waals surface area (Å²) in [7, 11) is 3.64. The van der Waals surface area contributed by atoms with Crippen LogP contribution in [0.1, 0.15) is 51.9 Å². The van der Waals surface area contributed by atoms with Crippen LogP contribution < -0.4 is 5.32 Å². The third-order valence-electron chi connectivity index (χ3n) is 3.81. The van der Waals surface area contributed by atoms with Gasteiger partial charge >= 0.3 is 0 Å². The molecular formula is C14H28N2O. The Kier molecular flexibility index (Phi) is 6.56. The van der Waals surface area contributed by atoms with Crippen LogP contribution in [0.3, 0.4) is 0 Å². The highest BCUT2D eigenvalue weighted by molar-refractivity contribution is 5.75. The number of nitrogens with zero attached hydrogens (tertiary/aromatic N) is 1. The number of nitrogens with one attached hydrogen (secondary N) is 1.